The molecule has 1 aliphatic heterocycles. The minimum absolute atomic E-state index is 0.301. The van der Waals surface area contributed by atoms with Gasteiger partial charge in [-0.3, -0.25) is 0 Å². The Morgan fingerprint density at radius 1 is 1.26 bits per heavy atom. The standard InChI is InChI=1S/C14H17BrClFN2/c15-12-6-9(17)7-13(16)14(12)19-5-1-2-11(8-19)18-10-3-4-10/h6-7,10-11,18H,1-5,8H2. The number of halogens is 3. The lowest BCUT2D eigenvalue weighted by molar-refractivity contribution is 0.420. The van der Waals surface area contributed by atoms with Gasteiger partial charge in [0.1, 0.15) is 5.82 Å². The topological polar surface area (TPSA) is 15.3 Å². The highest BCUT2D eigenvalue weighted by molar-refractivity contribution is 9.10. The van der Waals surface area contributed by atoms with Gasteiger partial charge < -0.3 is 10.2 Å². The Labute approximate surface area is 126 Å². The SMILES string of the molecule is Fc1cc(Cl)c(N2CCCC(NC3CC3)C2)c(Br)c1. The fourth-order valence-electron chi connectivity index (χ4n) is 2.74. The Balaban J connectivity index is 1.77. The van der Waals surface area contributed by atoms with Crippen LogP contribution in [0.1, 0.15) is 25.7 Å². The Morgan fingerprint density at radius 3 is 2.74 bits per heavy atom. The highest BCUT2D eigenvalue weighted by Crippen LogP contribution is 2.36. The average Bonchev–Trinajstić information content (AvgIpc) is 3.12. The molecule has 0 amide bonds. The Hall–Kier alpha value is -0.320. The molecule has 1 unspecified atom stereocenters. The molecular weight excluding hydrogens is 331 g/mol. The van der Waals surface area contributed by atoms with Crippen molar-refractivity contribution in [2.75, 3.05) is 18.0 Å². The second kappa shape index (κ2) is 5.58. The van der Waals surface area contributed by atoms with E-state index >= 15 is 0 Å². The molecule has 3 rings (SSSR count). The lowest BCUT2D eigenvalue weighted by Gasteiger charge is -2.36. The first-order valence-electron chi connectivity index (χ1n) is 6.79. The van der Waals surface area contributed by atoms with Crippen LogP contribution in [0.4, 0.5) is 10.1 Å². The fourth-order valence-corrected chi connectivity index (χ4v) is 3.86. The number of nitrogens with one attached hydrogen (secondary N) is 1. The van der Waals surface area contributed by atoms with E-state index in [0.717, 1.165) is 35.7 Å². The van der Waals surface area contributed by atoms with E-state index in [-0.39, 0.29) is 5.82 Å². The van der Waals surface area contributed by atoms with Crippen molar-refractivity contribution in [2.24, 2.45) is 0 Å². The summed E-state index contributed by atoms with van der Waals surface area (Å²) in [6.07, 6.45) is 4.96. The molecule has 1 saturated heterocycles. The number of piperidine rings is 1. The normalized spacial score (nSPS) is 23.7. The molecule has 104 valence electrons. The summed E-state index contributed by atoms with van der Waals surface area (Å²) in [6.45, 7) is 1.92. The van der Waals surface area contributed by atoms with Crippen molar-refractivity contribution < 1.29 is 4.39 Å². The zero-order valence-corrected chi connectivity index (χ0v) is 13.0. The molecule has 1 aromatic carbocycles. The summed E-state index contributed by atoms with van der Waals surface area (Å²) in [5, 5.41) is 4.15. The van der Waals surface area contributed by atoms with E-state index in [9.17, 15) is 4.39 Å². The molecule has 2 fully saturated rings. The highest BCUT2D eigenvalue weighted by Gasteiger charge is 2.28. The summed E-state index contributed by atoms with van der Waals surface area (Å²) in [6, 6.07) is 4.12. The van der Waals surface area contributed by atoms with Crippen molar-refractivity contribution in [3.8, 4) is 0 Å². The molecule has 1 heterocycles. The van der Waals surface area contributed by atoms with Gasteiger partial charge >= 0.3 is 0 Å². The van der Waals surface area contributed by atoms with Gasteiger partial charge in [-0.15, -0.1) is 0 Å². The molecule has 0 aromatic heterocycles. The number of hydrogen-bond acceptors (Lipinski definition) is 2. The quantitative estimate of drug-likeness (QED) is 0.890. The van der Waals surface area contributed by atoms with Crippen LogP contribution >= 0.6 is 27.5 Å². The van der Waals surface area contributed by atoms with Crippen LogP contribution in [0.5, 0.6) is 0 Å². The van der Waals surface area contributed by atoms with Gasteiger partial charge in [0.2, 0.25) is 0 Å². The Kier molecular flexibility index (Phi) is 4.01. The van der Waals surface area contributed by atoms with Gasteiger partial charge in [-0.1, -0.05) is 11.6 Å². The van der Waals surface area contributed by atoms with Crippen molar-refractivity contribution in [1.82, 2.24) is 5.32 Å². The van der Waals surface area contributed by atoms with Crippen molar-refractivity contribution in [3.63, 3.8) is 0 Å². The lowest BCUT2D eigenvalue weighted by Crippen LogP contribution is -2.46. The van der Waals surface area contributed by atoms with Crippen LogP contribution in [0.2, 0.25) is 5.02 Å². The summed E-state index contributed by atoms with van der Waals surface area (Å²) >= 11 is 9.63. The van der Waals surface area contributed by atoms with E-state index in [1.807, 2.05) is 0 Å². The Morgan fingerprint density at radius 2 is 2.05 bits per heavy atom. The Bertz CT molecular complexity index is 456. The molecule has 1 aliphatic carbocycles. The van der Waals surface area contributed by atoms with Gasteiger partial charge in [0, 0.05) is 29.6 Å². The first kappa shape index (κ1) is 13.7. The predicted octanol–water partition coefficient (Wildman–Crippen LogP) is 3.96. The van der Waals surface area contributed by atoms with Crippen molar-refractivity contribution in [1.29, 1.82) is 0 Å². The van der Waals surface area contributed by atoms with Crippen LogP contribution in [0.25, 0.3) is 0 Å². The zero-order valence-electron chi connectivity index (χ0n) is 10.6. The van der Waals surface area contributed by atoms with E-state index in [2.05, 4.69) is 26.1 Å². The molecular formula is C14H17BrClFN2. The third-order valence-electron chi connectivity index (χ3n) is 3.77. The van der Waals surface area contributed by atoms with E-state index < -0.39 is 0 Å². The summed E-state index contributed by atoms with van der Waals surface area (Å²) in [4.78, 5) is 2.26. The summed E-state index contributed by atoms with van der Waals surface area (Å²) in [5.74, 6) is -0.301. The largest absolute Gasteiger partial charge is 0.368 e. The second-order valence-corrected chi connectivity index (χ2v) is 6.71. The number of benzene rings is 1. The molecule has 0 radical (unpaired) electrons. The zero-order chi connectivity index (χ0) is 13.4. The molecule has 2 nitrogen and oxygen atoms in total. The van der Waals surface area contributed by atoms with Gasteiger partial charge in [0.05, 0.1) is 10.7 Å². The van der Waals surface area contributed by atoms with Gasteiger partial charge in [0.15, 0.2) is 0 Å². The van der Waals surface area contributed by atoms with Crippen molar-refractivity contribution in [2.45, 2.75) is 37.8 Å². The lowest BCUT2D eigenvalue weighted by atomic mass is 10.0. The minimum atomic E-state index is -0.301. The van der Waals surface area contributed by atoms with Crippen molar-refractivity contribution in [3.05, 3.63) is 27.4 Å². The van der Waals surface area contributed by atoms with Crippen LogP contribution in [-0.4, -0.2) is 25.2 Å². The summed E-state index contributed by atoms with van der Waals surface area (Å²) < 4.78 is 14.0. The molecule has 1 saturated carbocycles. The second-order valence-electron chi connectivity index (χ2n) is 5.44. The van der Waals surface area contributed by atoms with E-state index in [1.165, 1.54) is 31.4 Å². The maximum Gasteiger partial charge on any atom is 0.125 e. The van der Waals surface area contributed by atoms with E-state index in [1.54, 1.807) is 0 Å². The molecule has 2 aliphatic rings. The number of hydrogen-bond donors (Lipinski definition) is 1. The maximum atomic E-state index is 13.3. The molecule has 1 atom stereocenters. The third kappa shape index (κ3) is 3.23. The molecule has 1 N–H and O–H groups in total. The van der Waals surface area contributed by atoms with Gasteiger partial charge in [0.25, 0.3) is 0 Å². The summed E-state index contributed by atoms with van der Waals surface area (Å²) in [7, 11) is 0. The highest BCUT2D eigenvalue weighted by atomic mass is 79.9. The third-order valence-corrected chi connectivity index (χ3v) is 4.66. The first-order valence-corrected chi connectivity index (χ1v) is 7.96. The van der Waals surface area contributed by atoms with Crippen LogP contribution in [0.3, 0.4) is 0 Å². The maximum absolute atomic E-state index is 13.3. The predicted molar refractivity (Wildman–Crippen MR) is 80.5 cm³/mol. The molecule has 1 aromatic rings. The van der Waals surface area contributed by atoms with Crippen LogP contribution in [0, 0.1) is 5.82 Å². The average molecular weight is 348 g/mol. The molecule has 19 heavy (non-hydrogen) atoms. The van der Waals surface area contributed by atoms with Crippen LogP contribution in [-0.2, 0) is 0 Å². The molecule has 0 spiro atoms. The monoisotopic (exact) mass is 346 g/mol. The number of rotatable bonds is 3. The van der Waals surface area contributed by atoms with E-state index in [0.29, 0.717) is 11.1 Å². The van der Waals surface area contributed by atoms with Crippen molar-refractivity contribution >= 4 is 33.2 Å². The number of nitrogens with zero attached hydrogens (tertiary/aromatic N) is 1. The molecule has 5 heteroatoms. The van der Waals surface area contributed by atoms with Crippen LogP contribution in [0.15, 0.2) is 16.6 Å². The number of anilines is 1. The smallest absolute Gasteiger partial charge is 0.125 e. The van der Waals surface area contributed by atoms with Gasteiger partial charge in [-0.25, -0.2) is 4.39 Å². The fraction of sp³-hybridized carbons (Fsp3) is 0.571. The summed E-state index contributed by atoms with van der Waals surface area (Å²) in [5.41, 5.74) is 0.922. The first-order chi connectivity index (χ1) is 9.13. The van der Waals surface area contributed by atoms with E-state index in [4.69, 9.17) is 11.6 Å². The van der Waals surface area contributed by atoms with Gasteiger partial charge in [-0.2, -0.15) is 0 Å². The minimum Gasteiger partial charge on any atom is -0.368 e. The molecule has 0 bridgehead atoms. The van der Waals surface area contributed by atoms with Gasteiger partial charge in [-0.05, 0) is 53.7 Å². The van der Waals surface area contributed by atoms with Crippen LogP contribution < -0.4 is 10.2 Å².